The van der Waals surface area contributed by atoms with Crippen LogP contribution in [0.15, 0.2) is 24.3 Å². The molecule has 0 aromatic heterocycles. The summed E-state index contributed by atoms with van der Waals surface area (Å²) in [7, 11) is 0. The minimum absolute atomic E-state index is 0.0745. The first-order valence-corrected chi connectivity index (χ1v) is 7.89. The van der Waals surface area contributed by atoms with Gasteiger partial charge in [-0.1, -0.05) is 44.3 Å². The van der Waals surface area contributed by atoms with Crippen molar-refractivity contribution in [2.45, 2.75) is 70.3 Å². The van der Waals surface area contributed by atoms with Crippen molar-refractivity contribution in [1.82, 2.24) is 0 Å². The quantitative estimate of drug-likeness (QED) is 0.270. The Hall–Kier alpha value is -1.09. The zero-order chi connectivity index (χ0) is 14.6. The molecule has 114 valence electrons. The average Bonchev–Trinajstić information content (AvgIpc) is 2.81. The number of rotatable bonds is 11. The summed E-state index contributed by atoms with van der Waals surface area (Å²) in [6.45, 7) is 3.65. The van der Waals surface area contributed by atoms with Gasteiger partial charge in [-0.2, -0.15) is 0 Å². The highest BCUT2D eigenvalue weighted by molar-refractivity contribution is 5.90. The first-order valence-electron chi connectivity index (χ1n) is 7.89. The van der Waals surface area contributed by atoms with E-state index in [0.717, 1.165) is 24.8 Å². The van der Waals surface area contributed by atoms with E-state index in [0.29, 0.717) is 6.42 Å². The molecule has 1 fully saturated rings. The van der Waals surface area contributed by atoms with E-state index in [2.05, 4.69) is 6.58 Å². The van der Waals surface area contributed by atoms with Crippen molar-refractivity contribution in [3.8, 4) is 0 Å². The van der Waals surface area contributed by atoms with Crippen LogP contribution in [0.25, 0.3) is 0 Å². The van der Waals surface area contributed by atoms with Gasteiger partial charge >= 0.3 is 5.97 Å². The number of carbonyl (C=O) groups is 1. The Kier molecular flexibility index (Phi) is 9.05. The second kappa shape index (κ2) is 10.7. The number of allylic oxidation sites excluding steroid dienone is 2. The fourth-order valence-electron chi connectivity index (χ4n) is 2.46. The van der Waals surface area contributed by atoms with Crippen LogP contribution in [-0.2, 0) is 9.53 Å². The van der Waals surface area contributed by atoms with Crippen LogP contribution in [-0.4, -0.2) is 23.8 Å². The van der Waals surface area contributed by atoms with Crippen LogP contribution in [0.4, 0.5) is 0 Å². The van der Waals surface area contributed by atoms with E-state index < -0.39 is 0 Å². The topological polar surface area (TPSA) is 46.5 Å². The van der Waals surface area contributed by atoms with Crippen LogP contribution < -0.4 is 0 Å². The maximum Gasteiger partial charge on any atom is 0.334 e. The third-order valence-electron chi connectivity index (χ3n) is 3.69. The van der Waals surface area contributed by atoms with Crippen molar-refractivity contribution in [1.29, 1.82) is 0 Å². The molecule has 1 rings (SSSR count). The van der Waals surface area contributed by atoms with Gasteiger partial charge < -0.3 is 9.84 Å². The summed E-state index contributed by atoms with van der Waals surface area (Å²) in [6, 6.07) is 0. The lowest BCUT2D eigenvalue weighted by atomic mass is 10.1. The summed E-state index contributed by atoms with van der Waals surface area (Å²) in [4.78, 5) is 11.4. The maximum atomic E-state index is 11.4. The van der Waals surface area contributed by atoms with E-state index in [-0.39, 0.29) is 18.7 Å². The molecule has 0 saturated carbocycles. The normalized spacial score (nSPS) is 20.4. The molecule has 0 amide bonds. The standard InChI is InChI=1S/C17H28O3/c1-2-3-4-5-6-7-8-9-10-11-12-15-13-16(14-18)20-17(15)19/h2,12,16,18H,1,3-11,13-14H2. The van der Waals surface area contributed by atoms with Crippen LogP contribution in [0.1, 0.15) is 64.2 Å². The highest BCUT2D eigenvalue weighted by Crippen LogP contribution is 2.21. The molecule has 0 aromatic rings. The van der Waals surface area contributed by atoms with E-state index in [9.17, 15) is 4.79 Å². The Bertz CT molecular complexity index is 320. The first kappa shape index (κ1) is 17.0. The zero-order valence-corrected chi connectivity index (χ0v) is 12.5. The van der Waals surface area contributed by atoms with Crippen molar-refractivity contribution in [2.24, 2.45) is 0 Å². The van der Waals surface area contributed by atoms with Gasteiger partial charge in [0.2, 0.25) is 0 Å². The SMILES string of the molecule is C=CCCCCCCCCCC=C1CC(CO)OC1=O. The molecular weight excluding hydrogens is 252 g/mol. The lowest BCUT2D eigenvalue weighted by Gasteiger charge is -2.00. The van der Waals surface area contributed by atoms with Crippen molar-refractivity contribution in [3.05, 3.63) is 24.3 Å². The molecule has 0 radical (unpaired) electrons. The zero-order valence-electron chi connectivity index (χ0n) is 12.5. The number of unbranched alkanes of at least 4 members (excludes halogenated alkanes) is 8. The molecule has 3 heteroatoms. The minimum Gasteiger partial charge on any atom is -0.456 e. The van der Waals surface area contributed by atoms with Gasteiger partial charge in [-0.15, -0.1) is 6.58 Å². The lowest BCUT2D eigenvalue weighted by Crippen LogP contribution is -2.10. The molecule has 1 saturated heterocycles. The predicted octanol–water partition coefficient (Wildman–Crippen LogP) is 3.92. The largest absolute Gasteiger partial charge is 0.456 e. The number of ether oxygens (including phenoxy) is 1. The monoisotopic (exact) mass is 280 g/mol. The Morgan fingerprint density at radius 2 is 1.70 bits per heavy atom. The summed E-state index contributed by atoms with van der Waals surface area (Å²) in [5, 5.41) is 8.94. The molecular formula is C17H28O3. The molecule has 0 aliphatic carbocycles. The molecule has 0 spiro atoms. The Morgan fingerprint density at radius 3 is 2.25 bits per heavy atom. The summed E-state index contributed by atoms with van der Waals surface area (Å²) in [6.07, 6.45) is 15.2. The second-order valence-corrected chi connectivity index (χ2v) is 5.48. The van der Waals surface area contributed by atoms with Gasteiger partial charge in [0, 0.05) is 12.0 Å². The van der Waals surface area contributed by atoms with Gasteiger partial charge in [0.25, 0.3) is 0 Å². The van der Waals surface area contributed by atoms with Crippen LogP contribution in [0.5, 0.6) is 0 Å². The van der Waals surface area contributed by atoms with Gasteiger partial charge in [-0.3, -0.25) is 0 Å². The second-order valence-electron chi connectivity index (χ2n) is 5.48. The number of hydrogen-bond donors (Lipinski definition) is 1. The highest BCUT2D eigenvalue weighted by atomic mass is 16.6. The molecule has 1 heterocycles. The van der Waals surface area contributed by atoms with Gasteiger partial charge in [-0.25, -0.2) is 4.79 Å². The Morgan fingerprint density at radius 1 is 1.10 bits per heavy atom. The summed E-state index contributed by atoms with van der Waals surface area (Å²) in [5.41, 5.74) is 0.744. The highest BCUT2D eigenvalue weighted by Gasteiger charge is 2.27. The number of hydrogen-bond acceptors (Lipinski definition) is 3. The summed E-state index contributed by atoms with van der Waals surface area (Å²) in [5.74, 6) is -0.244. The lowest BCUT2D eigenvalue weighted by molar-refractivity contribution is -0.140. The van der Waals surface area contributed by atoms with E-state index >= 15 is 0 Å². The van der Waals surface area contributed by atoms with Gasteiger partial charge in [-0.05, 0) is 25.7 Å². The molecule has 20 heavy (non-hydrogen) atoms. The Labute approximate surface area is 122 Å². The van der Waals surface area contributed by atoms with Gasteiger partial charge in [0.15, 0.2) is 0 Å². The van der Waals surface area contributed by atoms with E-state index in [1.807, 2.05) is 12.2 Å². The fraction of sp³-hybridized carbons (Fsp3) is 0.706. The van der Waals surface area contributed by atoms with Crippen LogP contribution in [0, 0.1) is 0 Å². The van der Waals surface area contributed by atoms with Crippen molar-refractivity contribution in [3.63, 3.8) is 0 Å². The van der Waals surface area contributed by atoms with Crippen molar-refractivity contribution in [2.75, 3.05) is 6.61 Å². The smallest absolute Gasteiger partial charge is 0.334 e. The molecule has 0 aromatic carbocycles. The average molecular weight is 280 g/mol. The summed E-state index contributed by atoms with van der Waals surface area (Å²) < 4.78 is 5.00. The molecule has 1 aliphatic heterocycles. The first-order chi connectivity index (χ1) is 9.77. The Balaban J connectivity index is 1.97. The molecule has 1 atom stereocenters. The number of aliphatic hydroxyl groups is 1. The third-order valence-corrected chi connectivity index (χ3v) is 3.69. The number of aliphatic hydroxyl groups excluding tert-OH is 1. The van der Waals surface area contributed by atoms with E-state index in [1.54, 1.807) is 0 Å². The van der Waals surface area contributed by atoms with Crippen LogP contribution in [0.2, 0.25) is 0 Å². The fourth-order valence-corrected chi connectivity index (χ4v) is 2.46. The molecule has 1 unspecified atom stereocenters. The van der Waals surface area contributed by atoms with Crippen LogP contribution in [0.3, 0.4) is 0 Å². The van der Waals surface area contributed by atoms with E-state index in [4.69, 9.17) is 9.84 Å². The van der Waals surface area contributed by atoms with Crippen molar-refractivity contribution < 1.29 is 14.6 Å². The van der Waals surface area contributed by atoms with Gasteiger partial charge in [0.1, 0.15) is 6.10 Å². The van der Waals surface area contributed by atoms with Crippen LogP contribution >= 0.6 is 0 Å². The molecule has 1 aliphatic rings. The molecule has 1 N–H and O–H groups in total. The van der Waals surface area contributed by atoms with Gasteiger partial charge in [0.05, 0.1) is 6.61 Å². The van der Waals surface area contributed by atoms with Crippen molar-refractivity contribution >= 4 is 5.97 Å². The number of cyclic esters (lactones) is 1. The maximum absolute atomic E-state index is 11.4. The predicted molar refractivity (Wildman–Crippen MR) is 81.4 cm³/mol. The summed E-state index contributed by atoms with van der Waals surface area (Å²) >= 11 is 0. The number of carbonyl (C=O) groups excluding carboxylic acids is 1. The van der Waals surface area contributed by atoms with E-state index in [1.165, 1.54) is 38.5 Å². The minimum atomic E-state index is -0.315. The molecule has 0 bridgehead atoms. The number of esters is 1. The third kappa shape index (κ3) is 6.90. The molecule has 3 nitrogen and oxygen atoms in total.